The number of nitrogens with zero attached hydrogens (tertiary/aromatic N) is 1. The molecule has 1 amide bonds. The minimum absolute atomic E-state index is 0.0194. The van der Waals surface area contributed by atoms with Crippen molar-refractivity contribution in [1.82, 2.24) is 4.90 Å². The lowest BCUT2D eigenvalue weighted by Crippen LogP contribution is -2.52. The molecule has 1 aliphatic carbocycles. The summed E-state index contributed by atoms with van der Waals surface area (Å²) in [5.74, 6) is -0.478. The Kier molecular flexibility index (Phi) is 3.03. The fraction of sp³-hybridized carbons (Fsp3) is 0.846. The summed E-state index contributed by atoms with van der Waals surface area (Å²) in [7, 11) is 0. The van der Waals surface area contributed by atoms with Gasteiger partial charge in [0.2, 0.25) is 0 Å². The molecule has 1 saturated carbocycles. The van der Waals surface area contributed by atoms with E-state index in [1.165, 1.54) is 4.90 Å². The highest BCUT2D eigenvalue weighted by atomic mass is 16.6. The number of ether oxygens (including phenoxy) is 1. The van der Waals surface area contributed by atoms with Gasteiger partial charge in [-0.1, -0.05) is 6.92 Å². The molecular weight excluding hydrogens is 234 g/mol. The van der Waals surface area contributed by atoms with Gasteiger partial charge in [0.15, 0.2) is 0 Å². The maximum Gasteiger partial charge on any atom is 0.411 e. The molecule has 102 valence electrons. The first kappa shape index (κ1) is 13.2. The summed E-state index contributed by atoms with van der Waals surface area (Å²) < 4.78 is 5.33. The Bertz CT molecular complexity index is 374. The molecule has 1 aliphatic heterocycles. The molecule has 2 fully saturated rings. The Balaban J connectivity index is 2.19. The largest absolute Gasteiger partial charge is 0.480 e. The number of piperidine rings is 1. The standard InChI is InChI=1S/C13H21NO4/c1-7-5-8-6-9(7)14(10(8)11(15)16)12(17)18-13(2,3)4/h7-10H,5-6H2,1-4H3,(H,15,16)/t7-,8+,9+,10+/m0/s1. The van der Waals surface area contributed by atoms with E-state index in [1.807, 2.05) is 0 Å². The van der Waals surface area contributed by atoms with Crippen LogP contribution in [0, 0.1) is 11.8 Å². The lowest BCUT2D eigenvalue weighted by Gasteiger charge is -2.37. The van der Waals surface area contributed by atoms with Gasteiger partial charge in [-0.3, -0.25) is 4.90 Å². The van der Waals surface area contributed by atoms with Crippen LogP contribution < -0.4 is 0 Å². The number of carboxylic acid groups (broad SMARTS) is 1. The van der Waals surface area contributed by atoms with Crippen LogP contribution in [0.3, 0.4) is 0 Å². The molecule has 2 bridgehead atoms. The smallest absolute Gasteiger partial charge is 0.411 e. The van der Waals surface area contributed by atoms with Crippen LogP contribution in [0.5, 0.6) is 0 Å². The average Bonchev–Trinajstić information content (AvgIpc) is 2.69. The maximum atomic E-state index is 12.2. The van der Waals surface area contributed by atoms with Crippen molar-refractivity contribution in [3.8, 4) is 0 Å². The van der Waals surface area contributed by atoms with Crippen LogP contribution in [0.15, 0.2) is 0 Å². The zero-order valence-corrected chi connectivity index (χ0v) is 11.3. The quantitative estimate of drug-likeness (QED) is 0.779. The van der Waals surface area contributed by atoms with Gasteiger partial charge in [-0.25, -0.2) is 9.59 Å². The molecule has 0 radical (unpaired) electrons. The molecule has 0 spiro atoms. The summed E-state index contributed by atoms with van der Waals surface area (Å²) in [6, 6.07) is -0.688. The van der Waals surface area contributed by atoms with Crippen LogP contribution in [-0.2, 0) is 9.53 Å². The molecule has 1 N–H and O–H groups in total. The van der Waals surface area contributed by atoms with Gasteiger partial charge in [-0.15, -0.1) is 0 Å². The fourth-order valence-electron chi connectivity index (χ4n) is 3.24. The van der Waals surface area contributed by atoms with E-state index >= 15 is 0 Å². The predicted molar refractivity (Wildman–Crippen MR) is 65.2 cm³/mol. The van der Waals surface area contributed by atoms with E-state index in [4.69, 9.17) is 4.74 Å². The van der Waals surface area contributed by atoms with E-state index in [0.717, 1.165) is 12.8 Å². The highest BCUT2D eigenvalue weighted by Crippen LogP contribution is 2.46. The number of amides is 1. The number of carbonyl (C=O) groups excluding carboxylic acids is 1. The summed E-state index contributed by atoms with van der Waals surface area (Å²) in [6.45, 7) is 7.44. The second-order valence-electron chi connectivity index (χ2n) is 6.45. The molecule has 18 heavy (non-hydrogen) atoms. The van der Waals surface area contributed by atoms with Gasteiger partial charge in [0.05, 0.1) is 0 Å². The number of likely N-dealkylation sites (tertiary alicyclic amines) is 1. The van der Waals surface area contributed by atoms with Crippen LogP contribution in [0.25, 0.3) is 0 Å². The third-order valence-electron chi connectivity index (χ3n) is 3.84. The van der Waals surface area contributed by atoms with Crippen molar-refractivity contribution in [2.75, 3.05) is 0 Å². The Labute approximate surface area is 107 Å². The topological polar surface area (TPSA) is 66.8 Å². The summed E-state index contributed by atoms with van der Waals surface area (Å²) in [6.07, 6.45) is 1.19. The van der Waals surface area contributed by atoms with Crippen LogP contribution in [-0.4, -0.2) is 39.8 Å². The average molecular weight is 255 g/mol. The first-order valence-electron chi connectivity index (χ1n) is 6.45. The third-order valence-corrected chi connectivity index (χ3v) is 3.84. The summed E-state index contributed by atoms with van der Waals surface area (Å²) in [5, 5.41) is 9.29. The molecule has 2 aliphatic rings. The van der Waals surface area contributed by atoms with Crippen LogP contribution in [0.4, 0.5) is 4.79 Å². The van der Waals surface area contributed by atoms with Gasteiger partial charge in [0, 0.05) is 6.04 Å². The van der Waals surface area contributed by atoms with Crippen molar-refractivity contribution in [3.63, 3.8) is 0 Å². The number of hydrogen-bond acceptors (Lipinski definition) is 3. The van der Waals surface area contributed by atoms with Gasteiger partial charge in [0.1, 0.15) is 11.6 Å². The third kappa shape index (κ3) is 2.18. The van der Waals surface area contributed by atoms with Crippen molar-refractivity contribution in [1.29, 1.82) is 0 Å². The number of hydrogen-bond donors (Lipinski definition) is 1. The van der Waals surface area contributed by atoms with E-state index in [-0.39, 0.29) is 12.0 Å². The summed E-state index contributed by atoms with van der Waals surface area (Å²) in [5.41, 5.74) is -0.592. The Morgan fingerprint density at radius 3 is 2.39 bits per heavy atom. The van der Waals surface area contributed by atoms with Crippen molar-refractivity contribution in [2.24, 2.45) is 11.8 Å². The van der Waals surface area contributed by atoms with E-state index in [9.17, 15) is 14.7 Å². The molecule has 5 heteroatoms. The van der Waals surface area contributed by atoms with E-state index in [1.54, 1.807) is 20.8 Å². The van der Waals surface area contributed by atoms with Crippen molar-refractivity contribution in [2.45, 2.75) is 58.2 Å². The minimum Gasteiger partial charge on any atom is -0.480 e. The van der Waals surface area contributed by atoms with Crippen molar-refractivity contribution in [3.05, 3.63) is 0 Å². The van der Waals surface area contributed by atoms with Gasteiger partial charge < -0.3 is 9.84 Å². The van der Waals surface area contributed by atoms with E-state index < -0.39 is 23.7 Å². The van der Waals surface area contributed by atoms with Gasteiger partial charge in [-0.05, 0) is 45.4 Å². The first-order chi connectivity index (χ1) is 8.20. The lowest BCUT2D eigenvalue weighted by molar-refractivity contribution is -0.145. The molecule has 2 rings (SSSR count). The highest BCUT2D eigenvalue weighted by molar-refractivity contribution is 5.82. The molecular formula is C13H21NO4. The summed E-state index contributed by atoms with van der Waals surface area (Å²) >= 11 is 0. The molecule has 1 saturated heterocycles. The number of carboxylic acids is 1. The van der Waals surface area contributed by atoms with Gasteiger partial charge in [-0.2, -0.15) is 0 Å². The molecule has 1 heterocycles. The van der Waals surface area contributed by atoms with Gasteiger partial charge in [0.25, 0.3) is 0 Å². The Morgan fingerprint density at radius 2 is 1.89 bits per heavy atom. The van der Waals surface area contributed by atoms with Crippen LogP contribution in [0.2, 0.25) is 0 Å². The van der Waals surface area contributed by atoms with Crippen LogP contribution >= 0.6 is 0 Å². The van der Waals surface area contributed by atoms with Gasteiger partial charge >= 0.3 is 12.1 Å². The molecule has 0 aromatic heterocycles. The van der Waals surface area contributed by atoms with Crippen molar-refractivity contribution >= 4 is 12.1 Å². The van der Waals surface area contributed by atoms with Crippen molar-refractivity contribution < 1.29 is 19.4 Å². The first-order valence-corrected chi connectivity index (χ1v) is 6.45. The summed E-state index contributed by atoms with van der Waals surface area (Å²) in [4.78, 5) is 24.9. The second-order valence-corrected chi connectivity index (χ2v) is 6.45. The predicted octanol–water partition coefficient (Wildman–Crippen LogP) is 2.10. The van der Waals surface area contributed by atoms with E-state index in [0.29, 0.717) is 5.92 Å². The Morgan fingerprint density at radius 1 is 1.28 bits per heavy atom. The normalized spacial score (nSPS) is 34.8. The lowest BCUT2D eigenvalue weighted by atomic mass is 9.94. The highest BCUT2D eigenvalue weighted by Gasteiger charge is 2.55. The number of rotatable bonds is 1. The number of fused-ring (bicyclic) bond motifs is 2. The Hall–Kier alpha value is -1.26. The molecule has 0 aromatic carbocycles. The monoisotopic (exact) mass is 255 g/mol. The maximum absolute atomic E-state index is 12.2. The molecule has 4 atom stereocenters. The zero-order chi connectivity index (χ0) is 13.7. The van der Waals surface area contributed by atoms with E-state index in [2.05, 4.69) is 6.92 Å². The fourth-order valence-corrected chi connectivity index (χ4v) is 3.24. The zero-order valence-electron chi connectivity index (χ0n) is 11.3. The molecule has 0 aromatic rings. The number of aliphatic carboxylic acids is 1. The number of carbonyl (C=O) groups is 2. The minimum atomic E-state index is -0.916. The SMILES string of the molecule is C[C@H]1C[C@@H]2C[C@H]1N(C(=O)OC(C)(C)C)[C@H]2C(=O)O. The molecule has 5 nitrogen and oxygen atoms in total. The molecule has 0 unspecified atom stereocenters. The second kappa shape index (κ2) is 4.14. The van der Waals surface area contributed by atoms with Crippen LogP contribution in [0.1, 0.15) is 40.5 Å².